The van der Waals surface area contributed by atoms with E-state index in [1.54, 1.807) is 0 Å². The number of carbonyl (C=O) groups is 1. The zero-order valence-corrected chi connectivity index (χ0v) is 15.2. The maximum absolute atomic E-state index is 12.2. The van der Waals surface area contributed by atoms with Crippen LogP contribution in [-0.2, 0) is 11.3 Å². The second kappa shape index (κ2) is 9.48. The summed E-state index contributed by atoms with van der Waals surface area (Å²) in [4.78, 5) is 12.2. The van der Waals surface area contributed by atoms with E-state index in [2.05, 4.69) is 38.2 Å². The average molecular weight is 365 g/mol. The number of hydrogen-bond donors (Lipinski definition) is 3. The number of halogens is 1. The van der Waals surface area contributed by atoms with Crippen LogP contribution in [0.3, 0.4) is 0 Å². The molecule has 1 aliphatic rings. The number of rotatable bonds is 6. The van der Waals surface area contributed by atoms with Gasteiger partial charge in [0.25, 0.3) is 0 Å². The molecule has 7 nitrogen and oxygen atoms in total. The summed E-state index contributed by atoms with van der Waals surface area (Å²) in [5.41, 5.74) is 1.96. The fraction of sp³-hybridized carbons (Fsp3) is 0.529. The fourth-order valence-electron chi connectivity index (χ4n) is 3.15. The summed E-state index contributed by atoms with van der Waals surface area (Å²) in [6, 6.07) is 7.81. The molecule has 2 aromatic rings. The van der Waals surface area contributed by atoms with Gasteiger partial charge in [-0.25, -0.2) is 0 Å². The van der Waals surface area contributed by atoms with Crippen molar-refractivity contribution in [2.45, 2.75) is 32.7 Å². The van der Waals surface area contributed by atoms with E-state index in [0.29, 0.717) is 30.6 Å². The van der Waals surface area contributed by atoms with Gasteiger partial charge >= 0.3 is 0 Å². The van der Waals surface area contributed by atoms with Gasteiger partial charge in [-0.3, -0.25) is 4.79 Å². The minimum Gasteiger partial charge on any atom is -0.352 e. The minimum atomic E-state index is 0. The topological polar surface area (TPSA) is 95.6 Å². The standard InChI is InChI=1S/C17H24N6O.ClH/c1-12(15-3-2-8-18-11-15)9-16(24)19-10-13-4-6-14(7-5-13)17-20-22-23-21-17;/h4-7,12,15,18H,2-3,8-11H2,1H3,(H,19,24)(H,20,21,22,23);1H. The largest absolute Gasteiger partial charge is 0.352 e. The van der Waals surface area contributed by atoms with E-state index in [9.17, 15) is 4.79 Å². The van der Waals surface area contributed by atoms with Crippen molar-refractivity contribution < 1.29 is 4.79 Å². The summed E-state index contributed by atoms with van der Waals surface area (Å²) in [7, 11) is 0. The third kappa shape index (κ3) is 5.51. The van der Waals surface area contributed by atoms with Crippen LogP contribution in [0.1, 0.15) is 31.7 Å². The molecule has 1 aromatic carbocycles. The zero-order chi connectivity index (χ0) is 16.8. The Morgan fingerprint density at radius 3 is 2.80 bits per heavy atom. The number of benzene rings is 1. The fourth-order valence-corrected chi connectivity index (χ4v) is 3.15. The van der Waals surface area contributed by atoms with E-state index in [4.69, 9.17) is 0 Å². The molecule has 8 heteroatoms. The first kappa shape index (κ1) is 19.3. The van der Waals surface area contributed by atoms with Crippen LogP contribution in [0.25, 0.3) is 11.4 Å². The van der Waals surface area contributed by atoms with Crippen molar-refractivity contribution in [2.24, 2.45) is 11.8 Å². The molecule has 1 aliphatic heterocycles. The number of amides is 1. The number of hydrogen-bond acceptors (Lipinski definition) is 5. The monoisotopic (exact) mass is 364 g/mol. The first-order valence-corrected chi connectivity index (χ1v) is 8.52. The summed E-state index contributed by atoms with van der Waals surface area (Å²) in [5, 5.41) is 20.3. The predicted octanol–water partition coefficient (Wildman–Crippen LogP) is 1.93. The molecule has 1 fully saturated rings. The van der Waals surface area contributed by atoms with Gasteiger partial charge in [-0.1, -0.05) is 31.2 Å². The lowest BCUT2D eigenvalue weighted by atomic mass is 9.85. The maximum Gasteiger partial charge on any atom is 0.220 e. The summed E-state index contributed by atoms with van der Waals surface area (Å²) in [6.07, 6.45) is 3.02. The molecule has 2 atom stereocenters. The minimum absolute atomic E-state index is 0. The van der Waals surface area contributed by atoms with Gasteiger partial charge in [0, 0.05) is 18.5 Å². The number of carbonyl (C=O) groups excluding carboxylic acids is 1. The Hall–Kier alpha value is -1.99. The number of aromatic amines is 1. The summed E-state index contributed by atoms with van der Waals surface area (Å²) in [6.45, 7) is 4.86. The molecule has 0 saturated carbocycles. The highest BCUT2D eigenvalue weighted by Crippen LogP contribution is 2.22. The first-order chi connectivity index (χ1) is 11.7. The lowest BCUT2D eigenvalue weighted by Gasteiger charge is -2.28. The smallest absolute Gasteiger partial charge is 0.220 e. The number of nitrogens with one attached hydrogen (secondary N) is 3. The molecule has 0 radical (unpaired) electrons. The van der Waals surface area contributed by atoms with Crippen LogP contribution in [0.5, 0.6) is 0 Å². The van der Waals surface area contributed by atoms with Crippen molar-refractivity contribution in [3.8, 4) is 11.4 Å². The second-order valence-corrected chi connectivity index (χ2v) is 6.50. The molecule has 0 spiro atoms. The molecule has 136 valence electrons. The second-order valence-electron chi connectivity index (χ2n) is 6.50. The first-order valence-electron chi connectivity index (χ1n) is 8.52. The predicted molar refractivity (Wildman–Crippen MR) is 98.1 cm³/mol. The van der Waals surface area contributed by atoms with Crippen LogP contribution in [0.2, 0.25) is 0 Å². The van der Waals surface area contributed by atoms with Crippen LogP contribution in [0.15, 0.2) is 24.3 Å². The van der Waals surface area contributed by atoms with Crippen LogP contribution in [0.4, 0.5) is 0 Å². The molecule has 2 unspecified atom stereocenters. The molecule has 3 rings (SSSR count). The van der Waals surface area contributed by atoms with Crippen molar-refractivity contribution in [3.63, 3.8) is 0 Å². The van der Waals surface area contributed by atoms with Crippen LogP contribution < -0.4 is 10.6 Å². The van der Waals surface area contributed by atoms with Crippen molar-refractivity contribution in [2.75, 3.05) is 13.1 Å². The van der Waals surface area contributed by atoms with Crippen LogP contribution >= 0.6 is 12.4 Å². The van der Waals surface area contributed by atoms with Crippen LogP contribution in [0, 0.1) is 11.8 Å². The third-order valence-corrected chi connectivity index (χ3v) is 4.69. The normalized spacial score (nSPS) is 18.2. The van der Waals surface area contributed by atoms with Gasteiger partial charge < -0.3 is 10.6 Å². The molecule has 2 heterocycles. The van der Waals surface area contributed by atoms with E-state index in [0.717, 1.165) is 24.2 Å². The third-order valence-electron chi connectivity index (χ3n) is 4.69. The molecule has 3 N–H and O–H groups in total. The van der Waals surface area contributed by atoms with E-state index in [1.807, 2.05) is 24.3 Å². The maximum atomic E-state index is 12.2. The van der Waals surface area contributed by atoms with E-state index < -0.39 is 0 Å². The Balaban J connectivity index is 0.00000225. The molecule has 0 bridgehead atoms. The summed E-state index contributed by atoms with van der Waals surface area (Å²) < 4.78 is 0. The molecule has 1 saturated heterocycles. The van der Waals surface area contributed by atoms with Gasteiger partial charge in [0.2, 0.25) is 11.7 Å². The Morgan fingerprint density at radius 1 is 1.36 bits per heavy atom. The van der Waals surface area contributed by atoms with Gasteiger partial charge in [0.15, 0.2) is 0 Å². The molecule has 25 heavy (non-hydrogen) atoms. The summed E-state index contributed by atoms with van der Waals surface area (Å²) >= 11 is 0. The molecule has 0 aliphatic carbocycles. The highest BCUT2D eigenvalue weighted by Gasteiger charge is 2.21. The number of piperidine rings is 1. The summed E-state index contributed by atoms with van der Waals surface area (Å²) in [5.74, 6) is 1.72. The van der Waals surface area contributed by atoms with Gasteiger partial charge in [-0.2, -0.15) is 5.21 Å². The zero-order valence-electron chi connectivity index (χ0n) is 14.4. The van der Waals surface area contributed by atoms with Crippen molar-refractivity contribution in [1.29, 1.82) is 0 Å². The van der Waals surface area contributed by atoms with Gasteiger partial charge in [-0.05, 0) is 48.5 Å². The van der Waals surface area contributed by atoms with Gasteiger partial charge in [-0.15, -0.1) is 22.6 Å². The Bertz CT molecular complexity index is 640. The number of H-pyrrole nitrogens is 1. The lowest BCUT2D eigenvalue weighted by Crippen LogP contribution is -2.35. The molecule has 1 amide bonds. The highest BCUT2D eigenvalue weighted by atomic mass is 35.5. The number of aromatic nitrogens is 4. The Kier molecular flexibility index (Phi) is 7.33. The number of tetrazole rings is 1. The SMILES string of the molecule is CC(CC(=O)NCc1ccc(-c2nn[nH]n2)cc1)C1CCCNC1.Cl. The Morgan fingerprint density at radius 2 is 2.16 bits per heavy atom. The average Bonchev–Trinajstić information content (AvgIpc) is 3.16. The highest BCUT2D eigenvalue weighted by molar-refractivity contribution is 5.85. The van der Waals surface area contributed by atoms with Crippen LogP contribution in [-0.4, -0.2) is 39.6 Å². The molecular weight excluding hydrogens is 340 g/mol. The van der Waals surface area contributed by atoms with Gasteiger partial charge in [0.1, 0.15) is 0 Å². The van der Waals surface area contributed by atoms with Crippen molar-refractivity contribution in [3.05, 3.63) is 29.8 Å². The Labute approximate surface area is 153 Å². The van der Waals surface area contributed by atoms with E-state index in [-0.39, 0.29) is 18.3 Å². The molecule has 1 aromatic heterocycles. The molecular formula is C17H25ClN6O. The number of nitrogens with zero attached hydrogens (tertiary/aromatic N) is 3. The quantitative estimate of drug-likeness (QED) is 0.728. The van der Waals surface area contributed by atoms with Gasteiger partial charge in [0.05, 0.1) is 0 Å². The van der Waals surface area contributed by atoms with E-state index in [1.165, 1.54) is 12.8 Å². The van der Waals surface area contributed by atoms with E-state index >= 15 is 0 Å². The van der Waals surface area contributed by atoms with Crippen molar-refractivity contribution >= 4 is 18.3 Å². The van der Waals surface area contributed by atoms with Crippen molar-refractivity contribution in [1.82, 2.24) is 31.3 Å². The lowest BCUT2D eigenvalue weighted by molar-refractivity contribution is -0.122.